The van der Waals surface area contributed by atoms with Crippen molar-refractivity contribution in [2.24, 2.45) is 17.3 Å². The monoisotopic (exact) mass is 352 g/mol. The van der Waals surface area contributed by atoms with Crippen LogP contribution < -0.4 is 0 Å². The fourth-order valence-electron chi connectivity index (χ4n) is 4.75. The number of likely N-dealkylation sites (tertiary alicyclic amines) is 1. The topological polar surface area (TPSA) is 61.2 Å². The molecule has 4 heteroatoms. The van der Waals surface area contributed by atoms with Gasteiger partial charge in [0.15, 0.2) is 0 Å². The van der Waals surface area contributed by atoms with Crippen LogP contribution in [-0.4, -0.2) is 29.7 Å². The number of Topliss-reactive ketones (excluding diaryl/α,β-unsaturated/α-hetero) is 1. The van der Waals surface area contributed by atoms with Gasteiger partial charge in [0.25, 0.3) is 0 Å². The normalized spacial score (nSPS) is 26.5. The van der Waals surface area contributed by atoms with E-state index in [4.69, 9.17) is 0 Å². The van der Waals surface area contributed by atoms with Crippen LogP contribution >= 0.6 is 0 Å². The maximum atomic E-state index is 12.8. The van der Waals surface area contributed by atoms with E-state index in [9.17, 15) is 14.9 Å². The molecule has 1 aliphatic carbocycles. The lowest BCUT2D eigenvalue weighted by atomic mass is 9.52. The van der Waals surface area contributed by atoms with Crippen molar-refractivity contribution in [3.05, 3.63) is 35.9 Å². The van der Waals surface area contributed by atoms with Gasteiger partial charge in [-0.05, 0) is 43.1 Å². The van der Waals surface area contributed by atoms with Gasteiger partial charge in [0.1, 0.15) is 5.78 Å². The summed E-state index contributed by atoms with van der Waals surface area (Å²) in [7, 11) is 0. The largest absolute Gasteiger partial charge is 0.343 e. The molecule has 0 spiro atoms. The van der Waals surface area contributed by atoms with Crippen LogP contribution in [0.25, 0.3) is 0 Å². The van der Waals surface area contributed by atoms with E-state index in [2.05, 4.69) is 19.9 Å². The molecule has 26 heavy (non-hydrogen) atoms. The standard InChI is InChI=1S/C22H28N2O2/c1-16(25)19-13-18(21(19,2)3)14-20(26)24-11-9-22(15-23,10-12-24)17-7-5-4-6-8-17/h4-8,18-19H,9-14H2,1-3H3/t18-,19+/m0/s1. The molecule has 2 atom stereocenters. The molecule has 1 heterocycles. The predicted octanol–water partition coefficient (Wildman–Crippen LogP) is 3.71. The summed E-state index contributed by atoms with van der Waals surface area (Å²) in [6.07, 6.45) is 2.71. The second-order valence-corrected chi connectivity index (χ2v) is 8.56. The number of amides is 1. The van der Waals surface area contributed by atoms with Gasteiger partial charge in [0, 0.05) is 25.4 Å². The molecule has 3 rings (SSSR count). The highest BCUT2D eigenvalue weighted by Crippen LogP contribution is 2.53. The maximum Gasteiger partial charge on any atom is 0.222 e. The van der Waals surface area contributed by atoms with Crippen LogP contribution in [0.5, 0.6) is 0 Å². The van der Waals surface area contributed by atoms with E-state index < -0.39 is 5.41 Å². The van der Waals surface area contributed by atoms with E-state index in [0.29, 0.717) is 32.4 Å². The number of carbonyl (C=O) groups excluding carboxylic acids is 2. The molecule has 1 saturated carbocycles. The maximum absolute atomic E-state index is 12.8. The lowest BCUT2D eigenvalue weighted by Gasteiger charge is -2.51. The summed E-state index contributed by atoms with van der Waals surface area (Å²) >= 11 is 0. The summed E-state index contributed by atoms with van der Waals surface area (Å²) < 4.78 is 0. The number of hydrogen-bond acceptors (Lipinski definition) is 3. The molecule has 2 fully saturated rings. The molecule has 0 aromatic heterocycles. The van der Waals surface area contributed by atoms with Crippen LogP contribution in [0.3, 0.4) is 0 Å². The van der Waals surface area contributed by atoms with Crippen molar-refractivity contribution in [1.29, 1.82) is 5.26 Å². The van der Waals surface area contributed by atoms with Crippen molar-refractivity contribution < 1.29 is 9.59 Å². The Hall–Kier alpha value is -2.15. The number of nitrogens with zero attached hydrogens (tertiary/aromatic N) is 2. The smallest absolute Gasteiger partial charge is 0.222 e. The van der Waals surface area contributed by atoms with E-state index in [1.807, 2.05) is 35.2 Å². The van der Waals surface area contributed by atoms with Crippen molar-refractivity contribution in [1.82, 2.24) is 4.90 Å². The van der Waals surface area contributed by atoms with Crippen molar-refractivity contribution in [3.8, 4) is 6.07 Å². The molecule has 4 nitrogen and oxygen atoms in total. The zero-order valence-electron chi connectivity index (χ0n) is 16.0. The van der Waals surface area contributed by atoms with E-state index in [0.717, 1.165) is 12.0 Å². The zero-order chi connectivity index (χ0) is 18.9. The Labute approximate surface area is 156 Å². The summed E-state index contributed by atoms with van der Waals surface area (Å²) in [5, 5.41) is 9.78. The molecule has 0 N–H and O–H groups in total. The molecule has 1 aromatic rings. The van der Waals surface area contributed by atoms with Crippen LogP contribution in [-0.2, 0) is 15.0 Å². The Morgan fingerprint density at radius 3 is 2.31 bits per heavy atom. The first-order chi connectivity index (χ1) is 12.3. The van der Waals surface area contributed by atoms with Gasteiger partial charge in [-0.25, -0.2) is 0 Å². The number of hydrogen-bond donors (Lipinski definition) is 0. The minimum atomic E-state index is -0.479. The van der Waals surface area contributed by atoms with E-state index in [1.165, 1.54) is 0 Å². The second kappa shape index (κ2) is 6.87. The first-order valence-corrected chi connectivity index (χ1v) is 9.55. The highest BCUT2D eigenvalue weighted by molar-refractivity contribution is 5.81. The Morgan fingerprint density at radius 1 is 1.19 bits per heavy atom. The third-order valence-corrected chi connectivity index (χ3v) is 6.89. The molecule has 0 unspecified atom stereocenters. The average Bonchev–Trinajstić information content (AvgIpc) is 2.65. The van der Waals surface area contributed by atoms with Crippen LogP contribution in [0.4, 0.5) is 0 Å². The summed E-state index contributed by atoms with van der Waals surface area (Å²) in [5.74, 6) is 0.773. The third kappa shape index (κ3) is 3.16. The molecule has 0 radical (unpaired) electrons. The fourth-order valence-corrected chi connectivity index (χ4v) is 4.75. The number of nitriles is 1. The van der Waals surface area contributed by atoms with E-state index in [1.54, 1.807) is 6.92 Å². The van der Waals surface area contributed by atoms with Crippen LogP contribution in [0.15, 0.2) is 30.3 Å². The first kappa shape index (κ1) is 18.6. The van der Waals surface area contributed by atoms with Gasteiger partial charge in [0.2, 0.25) is 5.91 Å². The molecule has 0 bridgehead atoms. The molecular weight excluding hydrogens is 324 g/mol. The van der Waals surface area contributed by atoms with Gasteiger partial charge in [-0.3, -0.25) is 9.59 Å². The van der Waals surface area contributed by atoms with Crippen molar-refractivity contribution in [2.75, 3.05) is 13.1 Å². The number of ketones is 1. The number of carbonyl (C=O) groups is 2. The summed E-state index contributed by atoms with van der Waals surface area (Å²) in [4.78, 5) is 26.4. The number of rotatable bonds is 4. The molecule has 1 aliphatic heterocycles. The van der Waals surface area contributed by atoms with E-state index in [-0.39, 0.29) is 28.9 Å². The van der Waals surface area contributed by atoms with Crippen molar-refractivity contribution in [2.45, 2.75) is 51.9 Å². The van der Waals surface area contributed by atoms with Crippen LogP contribution in [0.1, 0.15) is 52.0 Å². The van der Waals surface area contributed by atoms with Crippen LogP contribution in [0.2, 0.25) is 0 Å². The molecular formula is C22H28N2O2. The van der Waals surface area contributed by atoms with E-state index >= 15 is 0 Å². The first-order valence-electron chi connectivity index (χ1n) is 9.55. The molecule has 1 saturated heterocycles. The highest BCUT2D eigenvalue weighted by Gasteiger charge is 2.51. The van der Waals surface area contributed by atoms with Gasteiger partial charge < -0.3 is 4.90 Å². The SMILES string of the molecule is CC(=O)[C@H]1C[C@@H](CC(=O)N2CCC(C#N)(c3ccccc3)CC2)C1(C)C. The minimum Gasteiger partial charge on any atom is -0.343 e. The Kier molecular flexibility index (Phi) is 4.92. The fraction of sp³-hybridized carbons (Fsp3) is 0.591. The van der Waals surface area contributed by atoms with Gasteiger partial charge in [-0.2, -0.15) is 5.26 Å². The molecule has 1 amide bonds. The lowest BCUT2D eigenvalue weighted by molar-refractivity contribution is -0.146. The molecule has 138 valence electrons. The quantitative estimate of drug-likeness (QED) is 0.830. The van der Waals surface area contributed by atoms with Gasteiger partial charge in [-0.15, -0.1) is 0 Å². The molecule has 2 aliphatic rings. The van der Waals surface area contributed by atoms with Gasteiger partial charge in [-0.1, -0.05) is 44.2 Å². The Balaban J connectivity index is 1.59. The molecule has 1 aromatic carbocycles. The van der Waals surface area contributed by atoms with Gasteiger partial charge in [0.05, 0.1) is 11.5 Å². The van der Waals surface area contributed by atoms with Gasteiger partial charge >= 0.3 is 0 Å². The van der Waals surface area contributed by atoms with Crippen molar-refractivity contribution >= 4 is 11.7 Å². The van der Waals surface area contributed by atoms with Crippen molar-refractivity contribution in [3.63, 3.8) is 0 Å². The second-order valence-electron chi connectivity index (χ2n) is 8.56. The zero-order valence-corrected chi connectivity index (χ0v) is 16.0. The summed E-state index contributed by atoms with van der Waals surface area (Å²) in [6.45, 7) is 7.12. The van der Waals surface area contributed by atoms with Crippen LogP contribution in [0, 0.1) is 28.6 Å². The number of benzene rings is 1. The Bertz CT molecular complexity index is 724. The number of piperidine rings is 1. The minimum absolute atomic E-state index is 0.0856. The highest BCUT2D eigenvalue weighted by atomic mass is 16.2. The summed E-state index contributed by atoms with van der Waals surface area (Å²) in [5.41, 5.74) is 0.490. The Morgan fingerprint density at radius 2 is 1.81 bits per heavy atom. The predicted molar refractivity (Wildman–Crippen MR) is 100 cm³/mol. The average molecular weight is 352 g/mol. The third-order valence-electron chi connectivity index (χ3n) is 6.89. The summed E-state index contributed by atoms with van der Waals surface area (Å²) in [6, 6.07) is 12.4. The lowest BCUT2D eigenvalue weighted by Crippen LogP contribution is -2.51.